The number of benzene rings is 1. The summed E-state index contributed by atoms with van der Waals surface area (Å²) in [6.07, 6.45) is 1.41. The predicted octanol–water partition coefficient (Wildman–Crippen LogP) is 1.34. The Morgan fingerprint density at radius 3 is 3.10 bits per heavy atom. The molecule has 0 aliphatic carbocycles. The van der Waals surface area contributed by atoms with Crippen LogP contribution in [0, 0.1) is 11.8 Å². The Balaban J connectivity index is 2.10. The molecule has 0 amide bonds. The largest absolute Gasteiger partial charge is 0.492 e. The highest BCUT2D eigenvalue weighted by Crippen LogP contribution is 2.49. The molecule has 0 unspecified atom stereocenters. The van der Waals surface area contributed by atoms with Gasteiger partial charge in [0.05, 0.1) is 13.7 Å². The second-order valence-electron chi connectivity index (χ2n) is 5.14. The number of aliphatic hydroxyl groups is 1. The Hall–Kier alpha value is -1.90. The molecule has 2 aliphatic rings. The van der Waals surface area contributed by atoms with Crippen LogP contribution >= 0.6 is 0 Å². The third kappa shape index (κ3) is 2.41. The maximum absolute atomic E-state index is 8.91. The van der Waals surface area contributed by atoms with Crippen LogP contribution in [0.4, 0.5) is 0 Å². The summed E-state index contributed by atoms with van der Waals surface area (Å²) in [4.78, 5) is 2.19. The number of hydrogen-bond acceptors (Lipinski definition) is 5. The minimum absolute atomic E-state index is 0.0512. The lowest BCUT2D eigenvalue weighted by Gasteiger charge is -2.32. The number of methoxy groups -OCH3 is 1. The monoisotopic (exact) mass is 289 g/mol. The van der Waals surface area contributed by atoms with Gasteiger partial charge in [-0.3, -0.25) is 4.90 Å². The van der Waals surface area contributed by atoms with Crippen molar-refractivity contribution in [1.82, 2.24) is 4.90 Å². The molecule has 5 heteroatoms. The van der Waals surface area contributed by atoms with Crippen molar-refractivity contribution in [3.8, 4) is 29.1 Å². The van der Waals surface area contributed by atoms with Crippen LogP contribution in [0.2, 0.25) is 0 Å². The van der Waals surface area contributed by atoms with E-state index < -0.39 is 0 Å². The van der Waals surface area contributed by atoms with Gasteiger partial charge >= 0.3 is 0 Å². The number of hydrogen-bond donors (Lipinski definition) is 1. The first-order valence-electron chi connectivity index (χ1n) is 7.05. The molecule has 0 aromatic heterocycles. The molecule has 112 valence electrons. The van der Waals surface area contributed by atoms with E-state index in [1.54, 1.807) is 7.11 Å². The molecule has 1 N–H and O–H groups in total. The topological polar surface area (TPSA) is 51.2 Å². The summed E-state index contributed by atoms with van der Waals surface area (Å²) in [5.74, 6) is 8.39. The van der Waals surface area contributed by atoms with Crippen LogP contribution in [0.1, 0.15) is 23.6 Å². The van der Waals surface area contributed by atoms with Crippen molar-refractivity contribution in [2.75, 3.05) is 34.1 Å². The molecule has 0 spiro atoms. The van der Waals surface area contributed by atoms with E-state index in [1.807, 2.05) is 13.1 Å². The third-order valence-electron chi connectivity index (χ3n) is 3.87. The van der Waals surface area contributed by atoms with Crippen molar-refractivity contribution in [2.45, 2.75) is 18.9 Å². The van der Waals surface area contributed by atoms with Crippen LogP contribution in [0.25, 0.3) is 0 Å². The molecule has 5 nitrogen and oxygen atoms in total. The number of ether oxygens (including phenoxy) is 3. The molecule has 2 heterocycles. The standard InChI is InChI=1S/C16H19NO4/c1-17-7-6-11-9-13-15(21-10-20-13)16(19-2)14(11)12(17)5-3-4-8-18/h9,12,18H,4,6-8,10H2,1-2H3/t12-/m1/s1. The summed E-state index contributed by atoms with van der Waals surface area (Å²) in [6, 6.07) is 1.98. The van der Waals surface area contributed by atoms with Gasteiger partial charge in [0.2, 0.25) is 12.5 Å². The molecule has 1 aromatic rings. The average molecular weight is 289 g/mol. The number of likely N-dealkylation sites (N-methyl/N-ethyl adjacent to an activating group) is 1. The van der Waals surface area contributed by atoms with E-state index >= 15 is 0 Å². The molecule has 3 rings (SSSR count). The van der Waals surface area contributed by atoms with Crippen molar-refractivity contribution >= 4 is 0 Å². The summed E-state index contributed by atoms with van der Waals surface area (Å²) >= 11 is 0. The van der Waals surface area contributed by atoms with E-state index in [2.05, 4.69) is 16.7 Å². The van der Waals surface area contributed by atoms with E-state index in [0.717, 1.165) is 30.0 Å². The average Bonchev–Trinajstić information content (AvgIpc) is 2.95. The summed E-state index contributed by atoms with van der Waals surface area (Å²) in [6.45, 7) is 1.23. The van der Waals surface area contributed by atoms with Gasteiger partial charge < -0.3 is 19.3 Å². The lowest BCUT2D eigenvalue weighted by Crippen LogP contribution is -2.31. The number of fused-ring (bicyclic) bond motifs is 2. The lowest BCUT2D eigenvalue weighted by molar-refractivity contribution is 0.171. The van der Waals surface area contributed by atoms with Gasteiger partial charge in [-0.05, 0) is 25.1 Å². The lowest BCUT2D eigenvalue weighted by atomic mass is 9.91. The van der Waals surface area contributed by atoms with Crippen LogP contribution in [0.5, 0.6) is 17.2 Å². The van der Waals surface area contributed by atoms with E-state index in [-0.39, 0.29) is 19.4 Å². The first kappa shape index (κ1) is 14.1. The molecule has 21 heavy (non-hydrogen) atoms. The van der Waals surface area contributed by atoms with Gasteiger partial charge in [0.25, 0.3) is 0 Å². The van der Waals surface area contributed by atoms with Gasteiger partial charge in [0.15, 0.2) is 11.5 Å². The highest BCUT2D eigenvalue weighted by molar-refractivity contribution is 5.62. The first-order valence-corrected chi connectivity index (χ1v) is 7.05. The SMILES string of the molecule is COc1c2c(cc3c1[C@@H](C#CCCO)N(C)CC3)OCO2. The fourth-order valence-corrected chi connectivity index (χ4v) is 2.84. The van der Waals surface area contributed by atoms with Crippen molar-refractivity contribution in [1.29, 1.82) is 0 Å². The molecule has 1 atom stereocenters. The Labute approximate surface area is 124 Å². The normalized spacial score (nSPS) is 19.7. The Kier molecular flexibility index (Phi) is 3.91. The second-order valence-corrected chi connectivity index (χ2v) is 5.14. The smallest absolute Gasteiger partial charge is 0.231 e. The molecule has 0 radical (unpaired) electrons. The zero-order valence-corrected chi connectivity index (χ0v) is 12.3. The second kappa shape index (κ2) is 5.84. The third-order valence-corrected chi connectivity index (χ3v) is 3.87. The van der Waals surface area contributed by atoms with Crippen LogP contribution in [-0.2, 0) is 6.42 Å². The summed E-state index contributed by atoms with van der Waals surface area (Å²) in [5, 5.41) is 8.91. The quantitative estimate of drug-likeness (QED) is 0.833. The number of aliphatic hydroxyl groups excluding tert-OH is 1. The fourth-order valence-electron chi connectivity index (χ4n) is 2.84. The zero-order chi connectivity index (χ0) is 14.8. The van der Waals surface area contributed by atoms with Crippen LogP contribution in [0.3, 0.4) is 0 Å². The number of nitrogens with zero attached hydrogens (tertiary/aromatic N) is 1. The molecule has 1 aromatic carbocycles. The van der Waals surface area contributed by atoms with Gasteiger partial charge in [-0.1, -0.05) is 11.8 Å². The van der Waals surface area contributed by atoms with Crippen LogP contribution in [-0.4, -0.2) is 44.1 Å². The summed E-state index contributed by atoms with van der Waals surface area (Å²) in [5.41, 5.74) is 2.25. The zero-order valence-electron chi connectivity index (χ0n) is 12.3. The van der Waals surface area contributed by atoms with Crippen molar-refractivity contribution in [3.63, 3.8) is 0 Å². The maximum atomic E-state index is 8.91. The Morgan fingerprint density at radius 1 is 1.48 bits per heavy atom. The summed E-state index contributed by atoms with van der Waals surface area (Å²) < 4.78 is 16.6. The van der Waals surface area contributed by atoms with Gasteiger partial charge in [0.1, 0.15) is 6.04 Å². The Morgan fingerprint density at radius 2 is 2.33 bits per heavy atom. The van der Waals surface area contributed by atoms with Gasteiger partial charge in [-0.2, -0.15) is 0 Å². The van der Waals surface area contributed by atoms with Crippen molar-refractivity contribution < 1.29 is 19.3 Å². The molecular formula is C16H19NO4. The van der Waals surface area contributed by atoms with E-state index in [4.69, 9.17) is 19.3 Å². The first-order chi connectivity index (χ1) is 10.3. The molecular weight excluding hydrogens is 270 g/mol. The molecule has 0 saturated heterocycles. The highest BCUT2D eigenvalue weighted by atomic mass is 16.7. The van der Waals surface area contributed by atoms with Crippen molar-refractivity contribution in [3.05, 3.63) is 17.2 Å². The van der Waals surface area contributed by atoms with Crippen LogP contribution < -0.4 is 14.2 Å². The van der Waals surface area contributed by atoms with E-state index in [9.17, 15) is 0 Å². The fraction of sp³-hybridized carbons (Fsp3) is 0.500. The van der Waals surface area contributed by atoms with Gasteiger partial charge in [-0.15, -0.1) is 0 Å². The van der Waals surface area contributed by atoms with E-state index in [0.29, 0.717) is 12.2 Å². The highest BCUT2D eigenvalue weighted by Gasteiger charge is 2.33. The minimum Gasteiger partial charge on any atom is -0.492 e. The molecule has 0 saturated carbocycles. The predicted molar refractivity (Wildman–Crippen MR) is 77.7 cm³/mol. The maximum Gasteiger partial charge on any atom is 0.231 e. The van der Waals surface area contributed by atoms with E-state index in [1.165, 1.54) is 5.56 Å². The minimum atomic E-state index is -0.0512. The van der Waals surface area contributed by atoms with Gasteiger partial charge in [0, 0.05) is 18.5 Å². The number of rotatable bonds is 2. The Bertz CT molecular complexity index is 603. The molecule has 2 aliphatic heterocycles. The summed E-state index contributed by atoms with van der Waals surface area (Å²) in [7, 11) is 3.69. The van der Waals surface area contributed by atoms with Gasteiger partial charge in [-0.25, -0.2) is 0 Å². The molecule has 0 bridgehead atoms. The molecule has 0 fully saturated rings. The van der Waals surface area contributed by atoms with Crippen LogP contribution in [0.15, 0.2) is 6.07 Å². The van der Waals surface area contributed by atoms with Crippen molar-refractivity contribution in [2.24, 2.45) is 0 Å².